The molecule has 2 atom stereocenters. The van der Waals surface area contributed by atoms with Crippen molar-refractivity contribution in [1.29, 1.82) is 0 Å². The van der Waals surface area contributed by atoms with Gasteiger partial charge in [-0.2, -0.15) is 0 Å². The van der Waals surface area contributed by atoms with E-state index in [1.54, 1.807) is 11.3 Å². The minimum absolute atomic E-state index is 0.191. The standard InChI is InChI=1S/C22H22N2OS/c25-22-19(21-7-4-10-26-21)8-9-20-18-11-17(14-24(20)22)13-23(15-18)12-16-5-2-1-3-6-16/h1-10,17-18H,11-15H2/t17-,18-/m1/s1. The molecule has 0 N–H and O–H groups in total. The van der Waals surface area contributed by atoms with Crippen LogP contribution in [-0.4, -0.2) is 22.6 Å². The van der Waals surface area contributed by atoms with Gasteiger partial charge in [-0.3, -0.25) is 9.69 Å². The smallest absolute Gasteiger partial charge is 0.259 e. The lowest BCUT2D eigenvalue weighted by atomic mass is 9.82. The van der Waals surface area contributed by atoms with Gasteiger partial charge in [0.15, 0.2) is 0 Å². The molecule has 132 valence electrons. The molecule has 1 fully saturated rings. The summed E-state index contributed by atoms with van der Waals surface area (Å²) in [7, 11) is 0. The fourth-order valence-corrected chi connectivity index (χ4v) is 5.38. The molecule has 4 heteroatoms. The van der Waals surface area contributed by atoms with Crippen LogP contribution in [0, 0.1) is 5.92 Å². The van der Waals surface area contributed by atoms with E-state index < -0.39 is 0 Å². The number of likely N-dealkylation sites (tertiary alicyclic amines) is 1. The number of rotatable bonds is 3. The number of thiophene rings is 1. The zero-order chi connectivity index (χ0) is 17.5. The second kappa shape index (κ2) is 6.53. The van der Waals surface area contributed by atoms with E-state index in [4.69, 9.17) is 0 Å². The Bertz CT molecular complexity index is 962. The van der Waals surface area contributed by atoms with Gasteiger partial charge in [0.1, 0.15) is 0 Å². The minimum atomic E-state index is 0.191. The number of piperidine rings is 1. The Balaban J connectivity index is 1.44. The Morgan fingerprint density at radius 3 is 2.65 bits per heavy atom. The lowest BCUT2D eigenvalue weighted by Gasteiger charge is -2.43. The summed E-state index contributed by atoms with van der Waals surface area (Å²) in [6, 6.07) is 19.0. The van der Waals surface area contributed by atoms with Crippen LogP contribution in [0.5, 0.6) is 0 Å². The Labute approximate surface area is 157 Å². The number of fused-ring (bicyclic) bond motifs is 4. The fourth-order valence-electron chi connectivity index (χ4n) is 4.64. The summed E-state index contributed by atoms with van der Waals surface area (Å²) in [4.78, 5) is 16.7. The van der Waals surface area contributed by atoms with Crippen molar-refractivity contribution < 1.29 is 0 Å². The Morgan fingerprint density at radius 1 is 0.962 bits per heavy atom. The molecule has 4 heterocycles. The van der Waals surface area contributed by atoms with Crippen molar-refractivity contribution in [2.45, 2.75) is 25.4 Å². The van der Waals surface area contributed by atoms with Crippen LogP contribution in [0.3, 0.4) is 0 Å². The van der Waals surface area contributed by atoms with E-state index in [9.17, 15) is 4.79 Å². The minimum Gasteiger partial charge on any atom is -0.311 e. The molecule has 0 spiro atoms. The van der Waals surface area contributed by atoms with E-state index in [0.29, 0.717) is 11.8 Å². The Morgan fingerprint density at radius 2 is 1.85 bits per heavy atom. The van der Waals surface area contributed by atoms with Crippen LogP contribution in [0.4, 0.5) is 0 Å². The van der Waals surface area contributed by atoms with Gasteiger partial charge in [0.25, 0.3) is 5.56 Å². The van der Waals surface area contributed by atoms with Gasteiger partial charge in [0.05, 0.1) is 5.56 Å². The predicted octanol–water partition coefficient (Wildman–Crippen LogP) is 4.20. The lowest BCUT2D eigenvalue weighted by Crippen LogP contribution is -2.46. The van der Waals surface area contributed by atoms with Gasteiger partial charge in [-0.05, 0) is 41.5 Å². The largest absolute Gasteiger partial charge is 0.311 e. The number of aromatic nitrogens is 1. The van der Waals surface area contributed by atoms with E-state index in [0.717, 1.165) is 36.6 Å². The van der Waals surface area contributed by atoms with Crippen molar-refractivity contribution in [3.8, 4) is 10.4 Å². The maximum atomic E-state index is 13.1. The summed E-state index contributed by atoms with van der Waals surface area (Å²) in [5, 5.41) is 2.04. The molecule has 3 aromatic rings. The van der Waals surface area contributed by atoms with Crippen molar-refractivity contribution in [3.63, 3.8) is 0 Å². The van der Waals surface area contributed by atoms with Gasteiger partial charge < -0.3 is 4.57 Å². The van der Waals surface area contributed by atoms with Crippen LogP contribution in [0.2, 0.25) is 0 Å². The molecule has 2 aromatic heterocycles. The van der Waals surface area contributed by atoms with Gasteiger partial charge in [-0.15, -0.1) is 11.3 Å². The molecule has 0 aliphatic carbocycles. The molecule has 3 nitrogen and oxygen atoms in total. The van der Waals surface area contributed by atoms with Crippen LogP contribution in [-0.2, 0) is 13.1 Å². The summed E-state index contributed by atoms with van der Waals surface area (Å²) in [5.41, 5.74) is 3.64. The summed E-state index contributed by atoms with van der Waals surface area (Å²) < 4.78 is 2.06. The van der Waals surface area contributed by atoms with Gasteiger partial charge in [0.2, 0.25) is 0 Å². The number of hydrogen-bond acceptors (Lipinski definition) is 3. The van der Waals surface area contributed by atoms with E-state index in [1.165, 1.54) is 17.7 Å². The van der Waals surface area contributed by atoms with Crippen molar-refractivity contribution in [2.75, 3.05) is 13.1 Å². The van der Waals surface area contributed by atoms with Crippen molar-refractivity contribution >= 4 is 11.3 Å². The quantitative estimate of drug-likeness (QED) is 0.698. The Kier molecular flexibility index (Phi) is 4.03. The van der Waals surface area contributed by atoms with E-state index >= 15 is 0 Å². The van der Waals surface area contributed by atoms with Crippen LogP contribution in [0.1, 0.15) is 23.6 Å². The first kappa shape index (κ1) is 16.0. The van der Waals surface area contributed by atoms with Crippen LogP contribution >= 0.6 is 11.3 Å². The number of hydrogen-bond donors (Lipinski definition) is 0. The number of nitrogens with zero attached hydrogens (tertiary/aromatic N) is 2. The molecule has 5 rings (SSSR count). The van der Waals surface area contributed by atoms with Crippen molar-refractivity contribution in [3.05, 3.63) is 81.6 Å². The zero-order valence-electron chi connectivity index (χ0n) is 14.7. The normalized spacial score (nSPS) is 22.2. The van der Waals surface area contributed by atoms with Gasteiger partial charge >= 0.3 is 0 Å². The molecule has 0 amide bonds. The molecule has 26 heavy (non-hydrogen) atoms. The number of benzene rings is 1. The first-order valence-electron chi connectivity index (χ1n) is 9.32. The first-order valence-corrected chi connectivity index (χ1v) is 10.2. The average Bonchev–Trinajstić information content (AvgIpc) is 3.18. The molecule has 1 saturated heterocycles. The molecule has 2 bridgehead atoms. The van der Waals surface area contributed by atoms with Crippen molar-refractivity contribution in [2.24, 2.45) is 5.92 Å². The second-order valence-electron chi connectivity index (χ2n) is 7.54. The van der Waals surface area contributed by atoms with Crippen LogP contribution in [0.15, 0.2) is 64.8 Å². The zero-order valence-corrected chi connectivity index (χ0v) is 15.5. The highest BCUT2D eigenvalue weighted by atomic mass is 32.1. The summed E-state index contributed by atoms with van der Waals surface area (Å²) in [6.45, 7) is 3.99. The molecule has 2 aliphatic heterocycles. The highest BCUT2D eigenvalue weighted by molar-refractivity contribution is 7.13. The molecule has 0 saturated carbocycles. The maximum absolute atomic E-state index is 13.1. The predicted molar refractivity (Wildman–Crippen MR) is 107 cm³/mol. The Hall–Kier alpha value is -2.17. The molecule has 0 radical (unpaired) electrons. The maximum Gasteiger partial charge on any atom is 0.259 e. The first-order chi connectivity index (χ1) is 12.8. The van der Waals surface area contributed by atoms with Crippen LogP contribution in [0.25, 0.3) is 10.4 Å². The highest BCUT2D eigenvalue weighted by Gasteiger charge is 2.34. The van der Waals surface area contributed by atoms with Crippen LogP contribution < -0.4 is 5.56 Å². The van der Waals surface area contributed by atoms with Gasteiger partial charge in [0, 0.05) is 42.7 Å². The topological polar surface area (TPSA) is 25.2 Å². The third kappa shape index (κ3) is 2.83. The molecule has 1 aromatic carbocycles. The fraction of sp³-hybridized carbons (Fsp3) is 0.318. The summed E-state index contributed by atoms with van der Waals surface area (Å²) in [6.07, 6.45) is 1.21. The highest BCUT2D eigenvalue weighted by Crippen LogP contribution is 2.36. The molecular formula is C22H22N2OS. The van der Waals surface area contributed by atoms with E-state index in [2.05, 4.69) is 45.9 Å². The average molecular weight is 362 g/mol. The van der Waals surface area contributed by atoms with E-state index in [1.807, 2.05) is 23.6 Å². The van der Waals surface area contributed by atoms with Gasteiger partial charge in [-0.1, -0.05) is 36.4 Å². The summed E-state index contributed by atoms with van der Waals surface area (Å²) >= 11 is 1.64. The van der Waals surface area contributed by atoms with Gasteiger partial charge in [-0.25, -0.2) is 0 Å². The lowest BCUT2D eigenvalue weighted by molar-refractivity contribution is 0.114. The third-order valence-corrected chi connectivity index (χ3v) is 6.62. The monoisotopic (exact) mass is 362 g/mol. The van der Waals surface area contributed by atoms with E-state index in [-0.39, 0.29) is 5.56 Å². The molecule has 2 aliphatic rings. The SMILES string of the molecule is O=c1c(-c2cccs2)ccc2n1C[C@@H]1C[C@@H]2CN(Cc2ccccc2)C1. The third-order valence-electron chi connectivity index (χ3n) is 5.72. The second-order valence-corrected chi connectivity index (χ2v) is 8.49. The molecular weight excluding hydrogens is 340 g/mol. The summed E-state index contributed by atoms with van der Waals surface area (Å²) in [5.74, 6) is 1.04. The molecule has 0 unspecified atom stereocenters. The number of pyridine rings is 1. The van der Waals surface area contributed by atoms with Crippen molar-refractivity contribution in [1.82, 2.24) is 9.47 Å².